The molecule has 1 aliphatic heterocycles. The van der Waals surface area contributed by atoms with E-state index in [1.807, 2.05) is 32.9 Å². The van der Waals surface area contributed by atoms with E-state index in [-0.39, 0.29) is 10.2 Å². The molecule has 2 amide bonds. The fraction of sp³-hybridized carbons (Fsp3) is 0.444. The number of aromatic nitrogens is 2. The van der Waals surface area contributed by atoms with Crippen molar-refractivity contribution in [2.45, 2.75) is 39.6 Å². The van der Waals surface area contributed by atoms with Crippen molar-refractivity contribution in [2.24, 2.45) is 0 Å². The molecular weight excluding hydrogens is 425 g/mol. The molecule has 1 unspecified atom stereocenters. The molecule has 0 radical (unpaired) electrons. The van der Waals surface area contributed by atoms with Gasteiger partial charge in [-0.1, -0.05) is 29.0 Å². The number of amides is 2. The Labute approximate surface area is 175 Å². The summed E-state index contributed by atoms with van der Waals surface area (Å²) in [4.78, 5) is 15.2. The summed E-state index contributed by atoms with van der Waals surface area (Å²) >= 11 is 5.76. The number of benzene rings is 1. The Bertz CT molecular complexity index is 938. The molecule has 0 spiro atoms. The van der Waals surface area contributed by atoms with Crippen LogP contribution in [0.4, 0.5) is 23.1 Å². The zero-order valence-corrected chi connectivity index (χ0v) is 17.8. The first-order valence-electron chi connectivity index (χ1n) is 8.73. The van der Waals surface area contributed by atoms with Crippen LogP contribution in [0.2, 0.25) is 0 Å². The second-order valence-corrected chi connectivity index (χ2v) is 8.21. The van der Waals surface area contributed by atoms with Crippen molar-refractivity contribution >= 4 is 39.8 Å². The van der Waals surface area contributed by atoms with Gasteiger partial charge in [-0.2, -0.15) is 13.2 Å². The number of hydrogen-bond acceptors (Lipinski definition) is 6. The zero-order chi connectivity index (χ0) is 21.5. The third-order valence-corrected chi connectivity index (χ3v) is 5.79. The minimum atomic E-state index is -4.64. The van der Waals surface area contributed by atoms with E-state index < -0.39 is 23.4 Å². The summed E-state index contributed by atoms with van der Waals surface area (Å²) in [5, 5.41) is 5.63. The number of aryl methyl sites for hydroxylation is 3. The Morgan fingerprint density at radius 3 is 2.41 bits per heavy atom. The number of nitrogens with zero attached hydrogens (tertiary/aromatic N) is 4. The molecule has 0 bridgehead atoms. The number of ether oxygens (including phenoxy) is 1. The second kappa shape index (κ2) is 7.86. The highest BCUT2D eigenvalue weighted by atomic mass is 32.1. The molecule has 1 saturated heterocycles. The quantitative estimate of drug-likeness (QED) is 0.654. The van der Waals surface area contributed by atoms with Crippen LogP contribution < -0.4 is 4.90 Å². The van der Waals surface area contributed by atoms with Gasteiger partial charge in [-0.05, 0) is 44.1 Å². The van der Waals surface area contributed by atoms with Gasteiger partial charge in [-0.3, -0.25) is 0 Å². The molecule has 0 N–H and O–H groups in total. The highest BCUT2D eigenvalue weighted by Gasteiger charge is 2.41. The SMILES string of the molecule is Cc1cc(C)c(C(=S)OC2CCN(C)C(=O)N2c2nnc(C(F)(F)F)s2)c(C)c1. The number of carbonyl (C=O) groups is 1. The fourth-order valence-corrected chi connectivity index (χ4v) is 4.44. The van der Waals surface area contributed by atoms with Gasteiger partial charge in [0.15, 0.2) is 11.3 Å². The molecule has 11 heteroatoms. The Hall–Kier alpha value is -2.27. The van der Waals surface area contributed by atoms with Gasteiger partial charge < -0.3 is 9.64 Å². The van der Waals surface area contributed by atoms with Gasteiger partial charge >= 0.3 is 12.2 Å². The minimum Gasteiger partial charge on any atom is -0.459 e. The zero-order valence-electron chi connectivity index (χ0n) is 16.2. The summed E-state index contributed by atoms with van der Waals surface area (Å²) in [5.74, 6) is 0. The molecule has 0 aliphatic carbocycles. The molecule has 1 atom stereocenters. The van der Waals surface area contributed by atoms with E-state index in [4.69, 9.17) is 17.0 Å². The van der Waals surface area contributed by atoms with Crippen LogP contribution in [0.15, 0.2) is 12.1 Å². The van der Waals surface area contributed by atoms with Crippen LogP contribution in [0, 0.1) is 20.8 Å². The number of carbonyl (C=O) groups excluding carboxylic acids is 1. The summed E-state index contributed by atoms with van der Waals surface area (Å²) in [5.41, 5.74) is 3.67. The molecular formula is C18H19F3N4O2S2. The van der Waals surface area contributed by atoms with Gasteiger partial charge in [0.1, 0.15) is 0 Å². The molecule has 1 fully saturated rings. The Morgan fingerprint density at radius 1 is 1.24 bits per heavy atom. The molecule has 0 saturated carbocycles. The molecule has 156 valence electrons. The summed E-state index contributed by atoms with van der Waals surface area (Å²) in [7, 11) is 1.56. The number of thiocarbonyl (C=S) groups is 1. The maximum Gasteiger partial charge on any atom is 0.445 e. The maximum atomic E-state index is 12.9. The molecule has 1 aliphatic rings. The van der Waals surface area contributed by atoms with Crippen LogP contribution in [-0.2, 0) is 10.9 Å². The number of halogens is 3. The monoisotopic (exact) mass is 444 g/mol. The highest BCUT2D eigenvalue weighted by molar-refractivity contribution is 7.80. The predicted molar refractivity (Wildman–Crippen MR) is 107 cm³/mol. The first kappa shape index (κ1) is 21.4. The standard InChI is InChI=1S/C18H19F3N4O2S2/c1-9-7-10(2)13(11(3)8-9)14(28)27-12-5-6-24(4)17(26)25(12)16-23-22-15(29-16)18(19,20)21/h7-8,12H,5-6H2,1-4H3. The number of hydrogen-bond donors (Lipinski definition) is 0. The van der Waals surface area contributed by atoms with Crippen LogP contribution >= 0.6 is 23.6 Å². The van der Waals surface area contributed by atoms with Crippen molar-refractivity contribution in [3.8, 4) is 0 Å². The minimum absolute atomic E-state index is 0.181. The average Bonchev–Trinajstić information content (AvgIpc) is 3.07. The molecule has 2 heterocycles. The van der Waals surface area contributed by atoms with Gasteiger partial charge in [0, 0.05) is 25.6 Å². The average molecular weight is 445 g/mol. The number of urea groups is 1. The van der Waals surface area contributed by atoms with Crippen molar-refractivity contribution in [3.05, 3.63) is 39.4 Å². The predicted octanol–water partition coefficient (Wildman–Crippen LogP) is 4.46. The van der Waals surface area contributed by atoms with E-state index in [0.717, 1.165) is 27.2 Å². The third-order valence-electron chi connectivity index (χ3n) is 4.52. The highest BCUT2D eigenvalue weighted by Crippen LogP contribution is 2.36. The van der Waals surface area contributed by atoms with Gasteiger partial charge in [-0.15, -0.1) is 10.2 Å². The van der Waals surface area contributed by atoms with Crippen LogP contribution in [0.3, 0.4) is 0 Å². The smallest absolute Gasteiger partial charge is 0.445 e. The van der Waals surface area contributed by atoms with Crippen LogP contribution in [0.1, 0.15) is 33.7 Å². The van der Waals surface area contributed by atoms with Crippen molar-refractivity contribution in [3.63, 3.8) is 0 Å². The lowest BCUT2D eigenvalue weighted by Gasteiger charge is -2.38. The second-order valence-electron chi connectivity index (χ2n) is 6.88. The summed E-state index contributed by atoms with van der Waals surface area (Å²) in [6.07, 6.45) is -5.16. The van der Waals surface area contributed by atoms with Crippen molar-refractivity contribution in [2.75, 3.05) is 18.5 Å². The molecule has 6 nitrogen and oxygen atoms in total. The lowest BCUT2D eigenvalue weighted by Crippen LogP contribution is -2.54. The van der Waals surface area contributed by atoms with Crippen LogP contribution in [0.5, 0.6) is 0 Å². The number of anilines is 1. The third kappa shape index (κ3) is 4.35. The summed E-state index contributed by atoms with van der Waals surface area (Å²) in [6.45, 7) is 6.16. The van der Waals surface area contributed by atoms with Gasteiger partial charge in [0.05, 0.1) is 0 Å². The first-order chi connectivity index (χ1) is 13.5. The van der Waals surface area contributed by atoms with Crippen LogP contribution in [0.25, 0.3) is 0 Å². The van der Waals surface area contributed by atoms with E-state index in [1.165, 1.54) is 4.90 Å². The lowest BCUT2D eigenvalue weighted by atomic mass is 10.0. The normalized spacial score (nSPS) is 17.6. The van der Waals surface area contributed by atoms with Crippen molar-refractivity contribution in [1.82, 2.24) is 15.1 Å². The van der Waals surface area contributed by atoms with E-state index in [1.54, 1.807) is 7.05 Å². The number of rotatable bonds is 3. The number of alkyl halides is 3. The largest absolute Gasteiger partial charge is 0.459 e. The van der Waals surface area contributed by atoms with Crippen molar-refractivity contribution < 1.29 is 22.7 Å². The van der Waals surface area contributed by atoms with Gasteiger partial charge in [-0.25, -0.2) is 9.69 Å². The van der Waals surface area contributed by atoms with E-state index >= 15 is 0 Å². The Balaban J connectivity index is 1.91. The first-order valence-corrected chi connectivity index (χ1v) is 9.95. The molecule has 1 aromatic carbocycles. The fourth-order valence-electron chi connectivity index (χ4n) is 3.26. The molecule has 1 aromatic heterocycles. The Kier molecular flexibility index (Phi) is 5.81. The molecule has 3 rings (SSSR count). The van der Waals surface area contributed by atoms with Crippen molar-refractivity contribution in [1.29, 1.82) is 0 Å². The topological polar surface area (TPSA) is 58.6 Å². The van der Waals surface area contributed by atoms with Crippen LogP contribution in [-0.4, -0.2) is 46.0 Å². The maximum absolute atomic E-state index is 12.9. The van der Waals surface area contributed by atoms with E-state index in [2.05, 4.69) is 10.2 Å². The molecule has 2 aromatic rings. The lowest BCUT2D eigenvalue weighted by molar-refractivity contribution is -0.138. The van der Waals surface area contributed by atoms with E-state index in [0.29, 0.717) is 24.3 Å². The van der Waals surface area contributed by atoms with E-state index in [9.17, 15) is 18.0 Å². The summed E-state index contributed by atoms with van der Waals surface area (Å²) < 4.78 is 44.7. The molecule has 29 heavy (non-hydrogen) atoms. The van der Waals surface area contributed by atoms with Gasteiger partial charge in [0.2, 0.25) is 10.1 Å². The Morgan fingerprint density at radius 2 is 1.86 bits per heavy atom. The van der Waals surface area contributed by atoms with Gasteiger partial charge in [0.25, 0.3) is 0 Å². The summed E-state index contributed by atoms with van der Waals surface area (Å²) in [6, 6.07) is 3.41.